The van der Waals surface area contributed by atoms with Crippen molar-refractivity contribution in [2.75, 3.05) is 23.3 Å². The van der Waals surface area contributed by atoms with Gasteiger partial charge in [-0.1, -0.05) is 24.3 Å². The molecule has 1 unspecified atom stereocenters. The fourth-order valence-electron chi connectivity index (χ4n) is 3.88. The molecule has 175 valence electrons. The standard InChI is InChI=1S/C25H30N3O3S2/c1-17-6-3-7-18(2)25(17)27(16-21(29)15-24(30)31)13-5-12-26-19-8-4-9-20(14-19)28-22(32)10-11-23(28)33/h3-4,6-11,14,16,21,26,29,32-33H,5,12-13,15H2,1-2H3,(H,30,31). The number of rotatable bonds is 11. The number of hydrogen-bond donors (Lipinski definition) is 5. The van der Waals surface area contributed by atoms with E-state index in [1.165, 1.54) is 0 Å². The van der Waals surface area contributed by atoms with Gasteiger partial charge < -0.3 is 20.4 Å². The molecule has 0 aliphatic rings. The monoisotopic (exact) mass is 484 g/mol. The molecule has 1 atom stereocenters. The van der Waals surface area contributed by atoms with Crippen molar-refractivity contribution >= 4 is 42.6 Å². The average molecular weight is 485 g/mol. The number of anilines is 2. The molecule has 3 aromatic rings. The van der Waals surface area contributed by atoms with Crippen molar-refractivity contribution < 1.29 is 15.0 Å². The molecule has 3 rings (SSSR count). The van der Waals surface area contributed by atoms with Crippen molar-refractivity contribution in [3.63, 3.8) is 0 Å². The molecule has 8 heteroatoms. The number of thiol groups is 2. The van der Waals surface area contributed by atoms with E-state index in [4.69, 9.17) is 5.11 Å². The predicted octanol–water partition coefficient (Wildman–Crippen LogP) is 4.98. The zero-order valence-electron chi connectivity index (χ0n) is 18.8. The second kappa shape index (κ2) is 11.5. The number of hydrogen-bond acceptors (Lipinski definition) is 6. The van der Waals surface area contributed by atoms with E-state index in [9.17, 15) is 9.90 Å². The number of aliphatic carboxylic acids is 1. The molecule has 3 N–H and O–H groups in total. The maximum atomic E-state index is 11.0. The zero-order chi connectivity index (χ0) is 24.0. The smallest absolute Gasteiger partial charge is 0.306 e. The van der Waals surface area contributed by atoms with Crippen LogP contribution in [0.2, 0.25) is 0 Å². The minimum Gasteiger partial charge on any atom is -0.481 e. The van der Waals surface area contributed by atoms with Crippen LogP contribution in [0.25, 0.3) is 5.69 Å². The Morgan fingerprint density at radius 1 is 1.09 bits per heavy atom. The zero-order valence-corrected chi connectivity index (χ0v) is 20.6. The van der Waals surface area contributed by atoms with E-state index in [2.05, 4.69) is 30.6 Å². The largest absolute Gasteiger partial charge is 0.481 e. The van der Waals surface area contributed by atoms with Crippen LogP contribution in [-0.4, -0.2) is 39.9 Å². The lowest BCUT2D eigenvalue weighted by atomic mass is 10.1. The molecule has 0 saturated carbocycles. The summed E-state index contributed by atoms with van der Waals surface area (Å²) in [7, 11) is 0. The van der Waals surface area contributed by atoms with Crippen molar-refractivity contribution in [1.82, 2.24) is 4.57 Å². The number of aliphatic hydroxyl groups is 1. The molecule has 0 aliphatic heterocycles. The lowest BCUT2D eigenvalue weighted by Gasteiger charge is -2.29. The maximum absolute atomic E-state index is 11.0. The number of benzene rings is 2. The van der Waals surface area contributed by atoms with Crippen LogP contribution in [0.15, 0.2) is 64.6 Å². The number of para-hydroxylation sites is 1. The van der Waals surface area contributed by atoms with E-state index in [1.807, 2.05) is 77.9 Å². The molecule has 0 spiro atoms. The topological polar surface area (TPSA) is 77.7 Å². The van der Waals surface area contributed by atoms with Crippen LogP contribution in [0.3, 0.4) is 0 Å². The Balaban J connectivity index is 1.66. The first-order valence-corrected chi connectivity index (χ1v) is 11.7. The SMILES string of the molecule is Cc1cccc(C)c1N([CH]C(O)CC(=O)O)CCCNc1cccc(-n2c(S)ccc2S)c1. The van der Waals surface area contributed by atoms with Gasteiger partial charge in [0.05, 0.1) is 29.1 Å². The Morgan fingerprint density at radius 3 is 2.36 bits per heavy atom. The molecule has 0 aliphatic carbocycles. The minimum absolute atomic E-state index is 0.327. The molecule has 0 saturated heterocycles. The number of carboxylic acid groups (broad SMARTS) is 1. The van der Waals surface area contributed by atoms with E-state index in [-0.39, 0.29) is 6.42 Å². The number of nitrogens with one attached hydrogen (secondary N) is 1. The second-order valence-electron chi connectivity index (χ2n) is 7.96. The summed E-state index contributed by atoms with van der Waals surface area (Å²) in [5.41, 5.74) is 5.11. The van der Waals surface area contributed by atoms with Crippen molar-refractivity contribution in [2.24, 2.45) is 0 Å². The van der Waals surface area contributed by atoms with Crippen molar-refractivity contribution in [1.29, 1.82) is 0 Å². The van der Waals surface area contributed by atoms with Crippen molar-refractivity contribution in [3.8, 4) is 5.69 Å². The van der Waals surface area contributed by atoms with E-state index in [0.29, 0.717) is 13.1 Å². The van der Waals surface area contributed by atoms with Gasteiger partial charge in [-0.15, -0.1) is 25.3 Å². The average Bonchev–Trinajstić information content (AvgIpc) is 3.08. The highest BCUT2D eigenvalue weighted by Gasteiger charge is 2.18. The third kappa shape index (κ3) is 6.72. The molecular weight excluding hydrogens is 454 g/mol. The minimum atomic E-state index is -1.06. The van der Waals surface area contributed by atoms with Gasteiger partial charge in [-0.25, -0.2) is 0 Å². The molecule has 2 aromatic carbocycles. The molecule has 33 heavy (non-hydrogen) atoms. The van der Waals surface area contributed by atoms with Crippen LogP contribution in [0.5, 0.6) is 0 Å². The van der Waals surface area contributed by atoms with Crippen LogP contribution in [-0.2, 0) is 4.79 Å². The van der Waals surface area contributed by atoms with Gasteiger partial charge in [0.25, 0.3) is 0 Å². The van der Waals surface area contributed by atoms with Gasteiger partial charge in [0, 0.05) is 30.2 Å². The summed E-state index contributed by atoms with van der Waals surface area (Å²) in [6.45, 7) is 6.99. The summed E-state index contributed by atoms with van der Waals surface area (Å²) in [5, 5.41) is 24.3. The van der Waals surface area contributed by atoms with Gasteiger partial charge in [-0.3, -0.25) is 9.36 Å². The lowest BCUT2D eigenvalue weighted by molar-refractivity contribution is -0.138. The Labute approximate surface area is 206 Å². The van der Waals surface area contributed by atoms with Crippen LogP contribution >= 0.6 is 25.3 Å². The van der Waals surface area contributed by atoms with Crippen molar-refractivity contribution in [2.45, 2.75) is 42.8 Å². The number of carboxylic acids is 1. The summed E-state index contributed by atoms with van der Waals surface area (Å²) >= 11 is 9.00. The van der Waals surface area contributed by atoms with Crippen molar-refractivity contribution in [3.05, 3.63) is 72.3 Å². The number of aromatic nitrogens is 1. The van der Waals surface area contributed by atoms with Gasteiger partial charge in [0.1, 0.15) is 0 Å². The van der Waals surface area contributed by atoms with Gasteiger partial charge in [-0.05, 0) is 61.7 Å². The fraction of sp³-hybridized carbons (Fsp3) is 0.280. The normalized spacial score (nSPS) is 11.9. The summed E-state index contributed by atoms with van der Waals surface area (Å²) in [5.74, 6) is -1.03. The number of nitrogens with zero attached hydrogens (tertiary/aromatic N) is 2. The summed E-state index contributed by atoms with van der Waals surface area (Å²) in [6.07, 6.45) is -0.599. The maximum Gasteiger partial charge on any atom is 0.306 e. The van der Waals surface area contributed by atoms with Gasteiger partial charge >= 0.3 is 5.97 Å². The predicted molar refractivity (Wildman–Crippen MR) is 139 cm³/mol. The Bertz CT molecular complexity index is 1060. The molecule has 0 bridgehead atoms. The molecule has 1 radical (unpaired) electrons. The quantitative estimate of drug-likeness (QED) is 0.196. The van der Waals surface area contributed by atoms with Gasteiger partial charge in [0.2, 0.25) is 0 Å². The molecule has 0 amide bonds. The highest BCUT2D eigenvalue weighted by Crippen LogP contribution is 2.27. The van der Waals surface area contributed by atoms with E-state index >= 15 is 0 Å². The van der Waals surface area contributed by atoms with Crippen LogP contribution < -0.4 is 10.2 Å². The van der Waals surface area contributed by atoms with Gasteiger partial charge in [-0.2, -0.15) is 0 Å². The first-order chi connectivity index (χ1) is 15.8. The van der Waals surface area contributed by atoms with Crippen LogP contribution in [0.4, 0.5) is 11.4 Å². The van der Waals surface area contributed by atoms with Gasteiger partial charge in [0.15, 0.2) is 0 Å². The van der Waals surface area contributed by atoms with E-state index < -0.39 is 12.1 Å². The fourth-order valence-corrected chi connectivity index (χ4v) is 4.55. The molecule has 1 heterocycles. The molecule has 1 aromatic heterocycles. The first-order valence-electron chi connectivity index (χ1n) is 10.8. The van der Waals surface area contributed by atoms with E-state index in [1.54, 1.807) is 6.54 Å². The summed E-state index contributed by atoms with van der Waals surface area (Å²) in [4.78, 5) is 13.0. The van der Waals surface area contributed by atoms with Crippen LogP contribution in [0.1, 0.15) is 24.0 Å². The number of carbonyl (C=O) groups is 1. The van der Waals surface area contributed by atoms with E-state index in [0.717, 1.165) is 44.7 Å². The Kier molecular flexibility index (Phi) is 8.77. The third-order valence-electron chi connectivity index (χ3n) is 5.31. The molecule has 0 fully saturated rings. The van der Waals surface area contributed by atoms with Crippen LogP contribution in [0, 0.1) is 20.4 Å². The highest BCUT2D eigenvalue weighted by atomic mass is 32.1. The summed E-state index contributed by atoms with van der Waals surface area (Å²) < 4.78 is 1.96. The second-order valence-corrected chi connectivity index (χ2v) is 8.88. The first kappa shape index (κ1) is 25.1. The Morgan fingerprint density at radius 2 is 1.73 bits per heavy atom. The third-order valence-corrected chi connectivity index (χ3v) is 6.01. The number of aliphatic hydroxyl groups excluding tert-OH is 1. The highest BCUT2D eigenvalue weighted by molar-refractivity contribution is 7.81. The lowest BCUT2D eigenvalue weighted by Crippen LogP contribution is -2.31. The number of aryl methyl sites for hydroxylation is 2. The molecule has 6 nitrogen and oxygen atoms in total. The molecular formula is C25H30N3O3S2. The summed E-state index contributed by atoms with van der Waals surface area (Å²) in [6, 6.07) is 17.9. The Hall–Kier alpha value is -2.55.